The largest absolute Gasteiger partial charge is 0.508 e. The highest BCUT2D eigenvalue weighted by Crippen LogP contribution is 2.24. The summed E-state index contributed by atoms with van der Waals surface area (Å²) >= 11 is 0. The molecule has 3 aromatic rings. The minimum atomic E-state index is -0.0644. The Morgan fingerprint density at radius 3 is 2.64 bits per heavy atom. The average Bonchev–Trinajstić information content (AvgIpc) is 2.83. The molecule has 0 aromatic heterocycles. The van der Waals surface area contributed by atoms with Crippen LogP contribution < -0.4 is 5.73 Å². The summed E-state index contributed by atoms with van der Waals surface area (Å²) in [5.74, 6) is 0.435. The number of nitrogens with zero attached hydrogens (tertiary/aromatic N) is 2. The fraction of sp³-hybridized carbons (Fsp3) is 0.393. The quantitative estimate of drug-likeness (QED) is 0.538. The molecule has 3 N–H and O–H groups in total. The Kier molecular flexibility index (Phi) is 7.63. The van der Waals surface area contributed by atoms with E-state index < -0.39 is 0 Å². The molecule has 3 aromatic carbocycles. The minimum absolute atomic E-state index is 0.0644. The molecule has 0 spiro atoms. The van der Waals surface area contributed by atoms with Crippen LogP contribution in [0.25, 0.3) is 10.8 Å². The third-order valence-electron chi connectivity index (χ3n) is 6.71. The third kappa shape index (κ3) is 5.55. The van der Waals surface area contributed by atoms with Crippen LogP contribution in [0.3, 0.4) is 0 Å². The predicted octanol–water partition coefficient (Wildman–Crippen LogP) is 4.43. The van der Waals surface area contributed by atoms with Crippen LogP contribution in [0.15, 0.2) is 66.7 Å². The second kappa shape index (κ2) is 10.8. The SMILES string of the molecule is CCCCC1CN(CC(N)Cc2ccccc2O)CCN1C(=O)c1cccc2ccccc12. The summed E-state index contributed by atoms with van der Waals surface area (Å²) < 4.78 is 0. The number of phenolic OH excluding ortho intramolecular Hbond substituents is 1. The summed E-state index contributed by atoms with van der Waals surface area (Å²) in [6, 6.07) is 21.6. The molecule has 1 heterocycles. The topological polar surface area (TPSA) is 69.8 Å². The number of phenols is 1. The number of aromatic hydroxyl groups is 1. The zero-order chi connectivity index (χ0) is 23.2. The van der Waals surface area contributed by atoms with Gasteiger partial charge in [0.2, 0.25) is 0 Å². The molecular formula is C28H35N3O2. The van der Waals surface area contributed by atoms with Gasteiger partial charge in [-0.3, -0.25) is 9.69 Å². The zero-order valence-electron chi connectivity index (χ0n) is 19.5. The normalized spacial score (nSPS) is 17.9. The maximum atomic E-state index is 13.6. The smallest absolute Gasteiger partial charge is 0.254 e. The van der Waals surface area contributed by atoms with Crippen LogP contribution in [0.2, 0.25) is 0 Å². The predicted molar refractivity (Wildman–Crippen MR) is 135 cm³/mol. The van der Waals surface area contributed by atoms with Gasteiger partial charge in [0.1, 0.15) is 5.75 Å². The average molecular weight is 446 g/mol. The van der Waals surface area contributed by atoms with Gasteiger partial charge in [0, 0.05) is 43.8 Å². The van der Waals surface area contributed by atoms with Crippen molar-refractivity contribution in [3.05, 3.63) is 77.9 Å². The van der Waals surface area contributed by atoms with Crippen molar-refractivity contribution in [2.45, 2.75) is 44.7 Å². The van der Waals surface area contributed by atoms with Crippen molar-refractivity contribution in [3.63, 3.8) is 0 Å². The lowest BCUT2D eigenvalue weighted by atomic mass is 9.99. The highest BCUT2D eigenvalue weighted by molar-refractivity contribution is 6.07. The van der Waals surface area contributed by atoms with Crippen molar-refractivity contribution < 1.29 is 9.90 Å². The molecule has 0 saturated carbocycles. The maximum absolute atomic E-state index is 13.6. The number of hydrogen-bond acceptors (Lipinski definition) is 4. The summed E-state index contributed by atoms with van der Waals surface area (Å²) in [5.41, 5.74) is 8.14. The second-order valence-electron chi connectivity index (χ2n) is 9.17. The fourth-order valence-electron chi connectivity index (χ4n) is 4.97. The molecule has 0 radical (unpaired) electrons. The van der Waals surface area contributed by atoms with Crippen molar-refractivity contribution in [3.8, 4) is 5.75 Å². The van der Waals surface area contributed by atoms with Crippen LogP contribution in [0.4, 0.5) is 0 Å². The lowest BCUT2D eigenvalue weighted by Crippen LogP contribution is -2.57. The maximum Gasteiger partial charge on any atom is 0.254 e. The summed E-state index contributed by atoms with van der Waals surface area (Å²) in [7, 11) is 0. The standard InChI is InChI=1S/C28H35N3O2/c1-2-3-12-24-20-30(19-23(29)18-22-10-5-7-15-27(22)32)16-17-31(24)28(33)26-14-8-11-21-9-4-6-13-25(21)26/h4-11,13-15,23-24,32H,2-3,12,16-20,29H2,1H3. The molecule has 1 saturated heterocycles. The van der Waals surface area contributed by atoms with Gasteiger partial charge in [-0.05, 0) is 41.3 Å². The molecule has 33 heavy (non-hydrogen) atoms. The van der Waals surface area contributed by atoms with E-state index in [0.29, 0.717) is 18.7 Å². The van der Waals surface area contributed by atoms with Crippen molar-refractivity contribution in [2.24, 2.45) is 5.73 Å². The number of rotatable bonds is 8. The van der Waals surface area contributed by atoms with Crippen molar-refractivity contribution in [1.82, 2.24) is 9.80 Å². The number of piperazine rings is 1. The van der Waals surface area contributed by atoms with Gasteiger partial charge in [-0.25, -0.2) is 0 Å². The van der Waals surface area contributed by atoms with E-state index in [2.05, 4.69) is 28.9 Å². The van der Waals surface area contributed by atoms with Crippen LogP contribution >= 0.6 is 0 Å². The lowest BCUT2D eigenvalue weighted by Gasteiger charge is -2.42. The summed E-state index contributed by atoms with van der Waals surface area (Å²) in [6.45, 7) is 5.31. The minimum Gasteiger partial charge on any atom is -0.508 e. The zero-order valence-corrected chi connectivity index (χ0v) is 19.5. The molecule has 2 atom stereocenters. The van der Waals surface area contributed by atoms with E-state index in [1.807, 2.05) is 48.5 Å². The number of carbonyl (C=O) groups is 1. The van der Waals surface area contributed by atoms with E-state index in [4.69, 9.17) is 5.73 Å². The van der Waals surface area contributed by atoms with E-state index in [1.54, 1.807) is 6.07 Å². The Balaban J connectivity index is 1.46. The van der Waals surface area contributed by atoms with Gasteiger partial charge >= 0.3 is 0 Å². The first-order chi connectivity index (χ1) is 16.1. The monoisotopic (exact) mass is 445 g/mol. The number of carbonyl (C=O) groups excluding carboxylic acids is 1. The van der Waals surface area contributed by atoms with E-state index in [1.165, 1.54) is 0 Å². The van der Waals surface area contributed by atoms with Gasteiger partial charge in [0.15, 0.2) is 0 Å². The van der Waals surface area contributed by atoms with Crippen LogP contribution in [-0.2, 0) is 6.42 Å². The van der Waals surface area contributed by atoms with E-state index in [9.17, 15) is 9.90 Å². The molecule has 1 amide bonds. The van der Waals surface area contributed by atoms with Crippen molar-refractivity contribution >= 4 is 16.7 Å². The number of nitrogens with two attached hydrogens (primary N) is 1. The number of para-hydroxylation sites is 1. The highest BCUT2D eigenvalue weighted by Gasteiger charge is 2.31. The fourth-order valence-corrected chi connectivity index (χ4v) is 4.97. The molecule has 0 aliphatic carbocycles. The Morgan fingerprint density at radius 2 is 1.82 bits per heavy atom. The van der Waals surface area contributed by atoms with Crippen LogP contribution in [0, 0.1) is 0 Å². The third-order valence-corrected chi connectivity index (χ3v) is 6.71. The molecular weight excluding hydrogens is 410 g/mol. The Bertz CT molecular complexity index is 1080. The number of benzene rings is 3. The Morgan fingerprint density at radius 1 is 1.06 bits per heavy atom. The van der Waals surface area contributed by atoms with E-state index in [0.717, 1.165) is 60.8 Å². The molecule has 5 nitrogen and oxygen atoms in total. The molecule has 4 rings (SSSR count). The first-order valence-electron chi connectivity index (χ1n) is 12.1. The van der Waals surface area contributed by atoms with E-state index >= 15 is 0 Å². The van der Waals surface area contributed by atoms with Gasteiger partial charge in [-0.15, -0.1) is 0 Å². The molecule has 2 unspecified atom stereocenters. The van der Waals surface area contributed by atoms with E-state index in [-0.39, 0.29) is 18.0 Å². The number of unbranched alkanes of at least 4 members (excludes halogenated alkanes) is 1. The van der Waals surface area contributed by atoms with Gasteiger partial charge < -0.3 is 15.7 Å². The molecule has 1 fully saturated rings. The van der Waals surface area contributed by atoms with Crippen molar-refractivity contribution in [2.75, 3.05) is 26.2 Å². The van der Waals surface area contributed by atoms with Crippen LogP contribution in [-0.4, -0.2) is 59.1 Å². The van der Waals surface area contributed by atoms with Crippen LogP contribution in [0.1, 0.15) is 42.1 Å². The Labute approximate surface area is 196 Å². The van der Waals surface area contributed by atoms with Gasteiger partial charge in [-0.1, -0.05) is 74.4 Å². The molecule has 1 aliphatic rings. The first-order valence-corrected chi connectivity index (χ1v) is 12.1. The van der Waals surface area contributed by atoms with Crippen LogP contribution in [0.5, 0.6) is 5.75 Å². The molecule has 174 valence electrons. The summed E-state index contributed by atoms with van der Waals surface area (Å²) in [5, 5.41) is 12.2. The van der Waals surface area contributed by atoms with Crippen molar-refractivity contribution in [1.29, 1.82) is 0 Å². The Hall–Kier alpha value is -2.89. The van der Waals surface area contributed by atoms with Gasteiger partial charge in [0.05, 0.1) is 0 Å². The first kappa shape index (κ1) is 23.3. The van der Waals surface area contributed by atoms with Gasteiger partial charge in [0.25, 0.3) is 5.91 Å². The second-order valence-corrected chi connectivity index (χ2v) is 9.17. The highest BCUT2D eigenvalue weighted by atomic mass is 16.3. The number of hydrogen-bond donors (Lipinski definition) is 2. The number of amides is 1. The molecule has 1 aliphatic heterocycles. The lowest BCUT2D eigenvalue weighted by molar-refractivity contribution is 0.0421. The molecule has 0 bridgehead atoms. The van der Waals surface area contributed by atoms with Gasteiger partial charge in [-0.2, -0.15) is 0 Å². The number of fused-ring (bicyclic) bond motifs is 1. The summed E-state index contributed by atoms with van der Waals surface area (Å²) in [4.78, 5) is 18.1. The summed E-state index contributed by atoms with van der Waals surface area (Å²) in [6.07, 6.45) is 3.85. The molecule has 5 heteroatoms.